The largest absolute Gasteiger partial charge is 0.289 e. The Balaban J connectivity index is 1.78. The first-order valence-corrected chi connectivity index (χ1v) is 8.83. The molecule has 0 amide bonds. The Bertz CT molecular complexity index is 572. The molecule has 3 nitrogen and oxygen atoms in total. The second-order valence-electron chi connectivity index (χ2n) is 5.40. The summed E-state index contributed by atoms with van der Waals surface area (Å²) in [6.07, 6.45) is 3.64. The molecular formula is C15H20BrN3S. The van der Waals surface area contributed by atoms with Crippen molar-refractivity contribution in [1.29, 1.82) is 0 Å². The summed E-state index contributed by atoms with van der Waals surface area (Å²) in [5, 5.41) is 6.77. The quantitative estimate of drug-likeness (QED) is 0.783. The first kappa shape index (κ1) is 14.3. The van der Waals surface area contributed by atoms with E-state index in [2.05, 4.69) is 57.4 Å². The number of rotatable bonds is 6. The number of nitrogens with zero attached hydrogens (tertiary/aromatic N) is 3. The number of aromatic nitrogens is 2. The van der Waals surface area contributed by atoms with Gasteiger partial charge in [0.05, 0.1) is 15.9 Å². The topological polar surface area (TPSA) is 21.1 Å². The standard InChI is InChI=1S/C15H20BrN3S/c1-3-13-15(16)14(18(2)17-13)10-19(11-6-7-11)9-12-5-4-8-20-12/h4-5,8,11H,3,6-7,9-10H2,1-2H3. The lowest BCUT2D eigenvalue weighted by Crippen LogP contribution is -2.26. The molecule has 0 spiro atoms. The van der Waals surface area contributed by atoms with Crippen LogP contribution < -0.4 is 0 Å². The van der Waals surface area contributed by atoms with Crippen LogP contribution in [0.3, 0.4) is 0 Å². The van der Waals surface area contributed by atoms with E-state index in [0.717, 1.165) is 31.2 Å². The molecule has 20 heavy (non-hydrogen) atoms. The van der Waals surface area contributed by atoms with Crippen LogP contribution in [0.15, 0.2) is 22.0 Å². The molecule has 1 aliphatic carbocycles. The monoisotopic (exact) mass is 353 g/mol. The molecule has 1 aliphatic rings. The van der Waals surface area contributed by atoms with Gasteiger partial charge in [-0.05, 0) is 46.6 Å². The van der Waals surface area contributed by atoms with E-state index in [1.807, 2.05) is 16.0 Å². The molecule has 0 N–H and O–H groups in total. The van der Waals surface area contributed by atoms with Crippen molar-refractivity contribution in [1.82, 2.24) is 14.7 Å². The molecule has 2 heterocycles. The minimum atomic E-state index is 0.754. The molecule has 0 aromatic carbocycles. The van der Waals surface area contributed by atoms with Crippen LogP contribution in [0.4, 0.5) is 0 Å². The van der Waals surface area contributed by atoms with Gasteiger partial charge in [-0.15, -0.1) is 11.3 Å². The third-order valence-electron chi connectivity index (χ3n) is 3.86. The zero-order valence-electron chi connectivity index (χ0n) is 12.0. The Kier molecular flexibility index (Phi) is 4.29. The third kappa shape index (κ3) is 3.00. The average molecular weight is 354 g/mol. The molecule has 3 rings (SSSR count). The van der Waals surface area contributed by atoms with Crippen molar-refractivity contribution in [2.75, 3.05) is 0 Å². The van der Waals surface area contributed by atoms with Crippen LogP contribution in [0.25, 0.3) is 0 Å². The van der Waals surface area contributed by atoms with Gasteiger partial charge in [0.2, 0.25) is 0 Å². The molecule has 5 heteroatoms. The third-order valence-corrected chi connectivity index (χ3v) is 5.63. The van der Waals surface area contributed by atoms with Gasteiger partial charge in [0.15, 0.2) is 0 Å². The molecule has 0 unspecified atom stereocenters. The highest BCUT2D eigenvalue weighted by atomic mass is 79.9. The lowest BCUT2D eigenvalue weighted by atomic mass is 10.3. The lowest BCUT2D eigenvalue weighted by molar-refractivity contribution is 0.241. The zero-order chi connectivity index (χ0) is 14.1. The maximum Gasteiger partial charge on any atom is 0.0767 e. The van der Waals surface area contributed by atoms with Crippen molar-refractivity contribution in [2.45, 2.75) is 45.3 Å². The van der Waals surface area contributed by atoms with Crippen LogP contribution in [0, 0.1) is 0 Å². The van der Waals surface area contributed by atoms with Crippen LogP contribution in [-0.4, -0.2) is 20.7 Å². The Labute approximate surface area is 132 Å². The fourth-order valence-corrected chi connectivity index (χ4v) is 4.01. The van der Waals surface area contributed by atoms with Crippen LogP contribution in [-0.2, 0) is 26.6 Å². The van der Waals surface area contributed by atoms with E-state index in [-0.39, 0.29) is 0 Å². The van der Waals surface area contributed by atoms with Crippen molar-refractivity contribution in [3.63, 3.8) is 0 Å². The molecule has 0 atom stereocenters. The highest BCUT2D eigenvalue weighted by Gasteiger charge is 2.30. The van der Waals surface area contributed by atoms with Gasteiger partial charge in [-0.25, -0.2) is 0 Å². The van der Waals surface area contributed by atoms with Gasteiger partial charge in [-0.3, -0.25) is 9.58 Å². The van der Waals surface area contributed by atoms with Gasteiger partial charge in [0.25, 0.3) is 0 Å². The van der Waals surface area contributed by atoms with E-state index in [1.165, 1.54) is 27.9 Å². The second kappa shape index (κ2) is 6.00. The normalized spacial score (nSPS) is 15.2. The zero-order valence-corrected chi connectivity index (χ0v) is 14.4. The summed E-state index contributed by atoms with van der Waals surface area (Å²) >= 11 is 5.58. The Morgan fingerprint density at radius 3 is 2.80 bits per heavy atom. The fraction of sp³-hybridized carbons (Fsp3) is 0.533. The Hall–Kier alpha value is -0.650. The maximum atomic E-state index is 4.60. The van der Waals surface area contributed by atoms with E-state index < -0.39 is 0 Å². The molecular weight excluding hydrogens is 334 g/mol. The molecule has 0 bridgehead atoms. The molecule has 2 aromatic rings. The average Bonchev–Trinajstić information content (AvgIpc) is 3.10. The summed E-state index contributed by atoms with van der Waals surface area (Å²) in [5.41, 5.74) is 2.46. The molecule has 0 aliphatic heterocycles. The van der Waals surface area contributed by atoms with Gasteiger partial charge in [-0.2, -0.15) is 5.10 Å². The molecule has 0 radical (unpaired) electrons. The van der Waals surface area contributed by atoms with Crippen LogP contribution in [0.5, 0.6) is 0 Å². The van der Waals surface area contributed by atoms with Crippen molar-refractivity contribution in [3.8, 4) is 0 Å². The first-order valence-electron chi connectivity index (χ1n) is 7.15. The molecule has 1 fully saturated rings. The van der Waals surface area contributed by atoms with Crippen molar-refractivity contribution < 1.29 is 0 Å². The lowest BCUT2D eigenvalue weighted by Gasteiger charge is -2.21. The Morgan fingerprint density at radius 1 is 1.45 bits per heavy atom. The predicted molar refractivity (Wildman–Crippen MR) is 86.9 cm³/mol. The molecule has 0 saturated heterocycles. The predicted octanol–water partition coefficient (Wildman–Crippen LogP) is 3.97. The van der Waals surface area contributed by atoms with E-state index >= 15 is 0 Å². The van der Waals surface area contributed by atoms with Crippen LogP contribution >= 0.6 is 27.3 Å². The van der Waals surface area contributed by atoms with Gasteiger partial charge >= 0.3 is 0 Å². The van der Waals surface area contributed by atoms with E-state index in [1.54, 1.807) is 0 Å². The van der Waals surface area contributed by atoms with Crippen LogP contribution in [0.1, 0.15) is 36.0 Å². The van der Waals surface area contributed by atoms with Crippen molar-refractivity contribution >= 4 is 27.3 Å². The summed E-state index contributed by atoms with van der Waals surface area (Å²) in [6, 6.07) is 5.12. The minimum absolute atomic E-state index is 0.754. The molecule has 1 saturated carbocycles. The Morgan fingerprint density at radius 2 is 2.25 bits per heavy atom. The second-order valence-corrected chi connectivity index (χ2v) is 7.23. The van der Waals surface area contributed by atoms with Gasteiger partial charge in [-0.1, -0.05) is 13.0 Å². The number of hydrogen-bond acceptors (Lipinski definition) is 3. The summed E-state index contributed by atoms with van der Waals surface area (Å²) < 4.78 is 3.23. The van der Waals surface area contributed by atoms with Crippen molar-refractivity contribution in [3.05, 3.63) is 38.3 Å². The highest BCUT2D eigenvalue weighted by molar-refractivity contribution is 9.10. The van der Waals surface area contributed by atoms with E-state index in [9.17, 15) is 0 Å². The summed E-state index contributed by atoms with van der Waals surface area (Å²) in [6.45, 7) is 4.19. The number of thiophene rings is 1. The number of hydrogen-bond donors (Lipinski definition) is 0. The first-order chi connectivity index (χ1) is 9.69. The number of aryl methyl sites for hydroxylation is 2. The minimum Gasteiger partial charge on any atom is -0.289 e. The van der Waals surface area contributed by atoms with Gasteiger partial charge in [0.1, 0.15) is 0 Å². The van der Waals surface area contributed by atoms with E-state index in [4.69, 9.17) is 0 Å². The maximum absolute atomic E-state index is 4.60. The highest BCUT2D eigenvalue weighted by Crippen LogP contribution is 2.32. The fourth-order valence-electron chi connectivity index (χ4n) is 2.54. The summed E-state index contributed by atoms with van der Waals surface area (Å²) in [5.74, 6) is 0. The van der Waals surface area contributed by atoms with Crippen molar-refractivity contribution in [2.24, 2.45) is 7.05 Å². The van der Waals surface area contributed by atoms with E-state index in [0.29, 0.717) is 0 Å². The molecule has 2 aromatic heterocycles. The molecule has 108 valence electrons. The smallest absolute Gasteiger partial charge is 0.0767 e. The summed E-state index contributed by atoms with van der Waals surface area (Å²) in [7, 11) is 2.05. The SMILES string of the molecule is CCc1nn(C)c(CN(Cc2cccs2)C2CC2)c1Br. The number of halogens is 1. The summed E-state index contributed by atoms with van der Waals surface area (Å²) in [4.78, 5) is 4.04. The van der Waals surface area contributed by atoms with Gasteiger partial charge in [0, 0.05) is 31.1 Å². The van der Waals surface area contributed by atoms with Crippen LogP contribution in [0.2, 0.25) is 0 Å². The van der Waals surface area contributed by atoms with Gasteiger partial charge < -0.3 is 0 Å².